The number of hydrogen-bond acceptors (Lipinski definition) is 3. The highest BCUT2D eigenvalue weighted by Gasteiger charge is 2.20. The average Bonchev–Trinajstić information content (AvgIpc) is 2.49. The summed E-state index contributed by atoms with van der Waals surface area (Å²) in [5.41, 5.74) is 10.8. The van der Waals surface area contributed by atoms with Gasteiger partial charge in [-0.05, 0) is 42.2 Å². The van der Waals surface area contributed by atoms with E-state index in [0.29, 0.717) is 0 Å². The Kier molecular flexibility index (Phi) is 3.99. The monoisotopic (exact) mass is 285 g/mol. The molecule has 2 aromatic rings. The average molecular weight is 285 g/mol. The molecule has 2 N–H and O–H groups in total. The highest BCUT2D eigenvalue weighted by atomic mass is 32.2. The van der Waals surface area contributed by atoms with Crippen molar-refractivity contribution in [3.05, 3.63) is 59.2 Å². The fourth-order valence-electron chi connectivity index (χ4n) is 2.57. The lowest BCUT2D eigenvalue weighted by Crippen LogP contribution is -2.17. The van der Waals surface area contributed by atoms with Gasteiger partial charge in [-0.25, -0.2) is 0 Å². The summed E-state index contributed by atoms with van der Waals surface area (Å²) in [6.07, 6.45) is 1.21. The van der Waals surface area contributed by atoms with Gasteiger partial charge in [-0.1, -0.05) is 30.3 Å². The first kappa shape index (κ1) is 13.5. The minimum atomic E-state index is 0.186. The van der Waals surface area contributed by atoms with Crippen LogP contribution in [0.2, 0.25) is 0 Å². The third kappa shape index (κ3) is 2.69. The third-order valence-corrected chi connectivity index (χ3v) is 5.03. The molecule has 0 aliphatic carbocycles. The Morgan fingerprint density at radius 1 is 1.20 bits per heavy atom. The quantitative estimate of drug-likeness (QED) is 0.684. The van der Waals surface area contributed by atoms with E-state index in [2.05, 4.69) is 37.3 Å². The number of benzene rings is 2. The van der Waals surface area contributed by atoms with Crippen molar-refractivity contribution in [1.82, 2.24) is 0 Å². The molecule has 3 rings (SSSR count). The largest absolute Gasteiger partial charge is 0.398 e. The molecule has 0 radical (unpaired) electrons. The second-order valence-corrected chi connectivity index (χ2v) is 6.15. The number of nitrogen functional groups attached to an aromatic ring is 1. The Morgan fingerprint density at radius 3 is 2.95 bits per heavy atom. The van der Waals surface area contributed by atoms with Gasteiger partial charge in [0.25, 0.3) is 0 Å². The summed E-state index contributed by atoms with van der Waals surface area (Å²) in [5, 5.41) is 0. The SMILES string of the molecule is Cc1c(N)cccc1SCC1OCCc2ccccc21. The van der Waals surface area contributed by atoms with E-state index in [4.69, 9.17) is 10.5 Å². The normalized spacial score (nSPS) is 17.8. The number of rotatable bonds is 3. The number of fused-ring (bicyclic) bond motifs is 1. The maximum atomic E-state index is 5.96. The molecule has 1 aliphatic heterocycles. The summed E-state index contributed by atoms with van der Waals surface area (Å²) in [7, 11) is 0. The summed E-state index contributed by atoms with van der Waals surface area (Å²) in [5.74, 6) is 0.932. The van der Waals surface area contributed by atoms with E-state index < -0.39 is 0 Å². The second-order valence-electron chi connectivity index (χ2n) is 5.09. The molecule has 0 amide bonds. The van der Waals surface area contributed by atoms with Crippen LogP contribution in [0.15, 0.2) is 47.4 Å². The van der Waals surface area contributed by atoms with Crippen LogP contribution in [-0.2, 0) is 11.2 Å². The third-order valence-electron chi connectivity index (χ3n) is 3.81. The smallest absolute Gasteiger partial charge is 0.0921 e. The van der Waals surface area contributed by atoms with E-state index >= 15 is 0 Å². The van der Waals surface area contributed by atoms with Gasteiger partial charge in [0.15, 0.2) is 0 Å². The lowest BCUT2D eigenvalue weighted by molar-refractivity contribution is 0.0588. The molecule has 104 valence electrons. The minimum absolute atomic E-state index is 0.186. The summed E-state index contributed by atoms with van der Waals surface area (Å²) in [6.45, 7) is 2.89. The topological polar surface area (TPSA) is 35.2 Å². The Labute approximate surface area is 124 Å². The lowest BCUT2D eigenvalue weighted by Gasteiger charge is -2.26. The number of hydrogen-bond donors (Lipinski definition) is 1. The van der Waals surface area contributed by atoms with Gasteiger partial charge < -0.3 is 10.5 Å². The van der Waals surface area contributed by atoms with Gasteiger partial charge in [-0.15, -0.1) is 11.8 Å². The summed E-state index contributed by atoms with van der Waals surface area (Å²) in [4.78, 5) is 1.25. The number of ether oxygens (including phenoxy) is 1. The molecule has 0 saturated heterocycles. The molecule has 0 aromatic heterocycles. The first-order valence-corrected chi connectivity index (χ1v) is 7.91. The van der Waals surface area contributed by atoms with Crippen LogP contribution >= 0.6 is 11.8 Å². The van der Waals surface area contributed by atoms with Gasteiger partial charge >= 0.3 is 0 Å². The zero-order valence-corrected chi connectivity index (χ0v) is 12.5. The van der Waals surface area contributed by atoms with Crippen molar-refractivity contribution in [3.8, 4) is 0 Å². The van der Waals surface area contributed by atoms with Crippen molar-refractivity contribution < 1.29 is 4.74 Å². The van der Waals surface area contributed by atoms with Gasteiger partial charge in [0.2, 0.25) is 0 Å². The van der Waals surface area contributed by atoms with Crippen molar-refractivity contribution in [2.75, 3.05) is 18.1 Å². The summed E-state index contributed by atoms with van der Waals surface area (Å²) < 4.78 is 5.94. The van der Waals surface area contributed by atoms with Gasteiger partial charge in [-0.2, -0.15) is 0 Å². The molecule has 0 saturated carbocycles. The van der Waals surface area contributed by atoms with E-state index in [1.54, 1.807) is 0 Å². The molecule has 0 spiro atoms. The van der Waals surface area contributed by atoms with Crippen LogP contribution in [0.4, 0.5) is 5.69 Å². The molecule has 1 atom stereocenters. The fraction of sp³-hybridized carbons (Fsp3) is 0.294. The molecule has 2 nitrogen and oxygen atoms in total. The molecule has 1 heterocycles. The number of nitrogens with two attached hydrogens (primary N) is 1. The van der Waals surface area contributed by atoms with Crippen LogP contribution in [0.5, 0.6) is 0 Å². The van der Waals surface area contributed by atoms with Crippen molar-refractivity contribution in [2.24, 2.45) is 0 Å². The van der Waals surface area contributed by atoms with Crippen molar-refractivity contribution in [3.63, 3.8) is 0 Å². The first-order chi connectivity index (χ1) is 9.75. The van der Waals surface area contributed by atoms with Crippen LogP contribution in [0.3, 0.4) is 0 Å². The van der Waals surface area contributed by atoms with E-state index in [-0.39, 0.29) is 6.10 Å². The fourth-order valence-corrected chi connectivity index (χ4v) is 3.68. The second kappa shape index (κ2) is 5.90. The van der Waals surface area contributed by atoms with Crippen LogP contribution in [0.1, 0.15) is 22.8 Å². The van der Waals surface area contributed by atoms with Crippen molar-refractivity contribution in [2.45, 2.75) is 24.3 Å². The Balaban J connectivity index is 1.75. The molecule has 0 bridgehead atoms. The van der Waals surface area contributed by atoms with Gasteiger partial charge in [0.1, 0.15) is 0 Å². The predicted molar refractivity (Wildman–Crippen MR) is 85.2 cm³/mol. The zero-order chi connectivity index (χ0) is 13.9. The van der Waals surface area contributed by atoms with Gasteiger partial charge in [-0.3, -0.25) is 0 Å². The lowest BCUT2D eigenvalue weighted by atomic mass is 9.99. The molecular weight excluding hydrogens is 266 g/mol. The molecule has 3 heteroatoms. The van der Waals surface area contributed by atoms with Gasteiger partial charge in [0, 0.05) is 16.3 Å². The van der Waals surface area contributed by atoms with Crippen LogP contribution in [0, 0.1) is 6.92 Å². The molecule has 0 fully saturated rings. The Bertz CT molecular complexity index is 612. The minimum Gasteiger partial charge on any atom is -0.398 e. The van der Waals surface area contributed by atoms with E-state index in [9.17, 15) is 0 Å². The standard InChI is InChI=1S/C17H19NOS/c1-12-15(18)7-4-8-17(12)20-11-16-14-6-3-2-5-13(14)9-10-19-16/h2-8,16H,9-11,18H2,1H3. The van der Waals surface area contributed by atoms with E-state index in [1.807, 2.05) is 23.9 Å². The summed E-state index contributed by atoms with van der Waals surface area (Å²) >= 11 is 1.83. The maximum absolute atomic E-state index is 5.96. The highest BCUT2D eigenvalue weighted by Crippen LogP contribution is 2.34. The van der Waals surface area contributed by atoms with Crippen LogP contribution < -0.4 is 5.73 Å². The molecular formula is C17H19NOS. The Hall–Kier alpha value is -1.45. The van der Waals surface area contributed by atoms with Crippen LogP contribution in [0.25, 0.3) is 0 Å². The molecule has 2 aromatic carbocycles. The Morgan fingerprint density at radius 2 is 2.05 bits per heavy atom. The van der Waals surface area contributed by atoms with Crippen molar-refractivity contribution in [1.29, 1.82) is 0 Å². The van der Waals surface area contributed by atoms with E-state index in [0.717, 1.165) is 24.5 Å². The number of thioether (sulfide) groups is 1. The number of anilines is 1. The zero-order valence-electron chi connectivity index (χ0n) is 11.6. The predicted octanol–water partition coefficient (Wildman–Crippen LogP) is 3.98. The summed E-state index contributed by atoms with van der Waals surface area (Å²) in [6, 6.07) is 14.7. The highest BCUT2D eigenvalue weighted by molar-refractivity contribution is 7.99. The maximum Gasteiger partial charge on any atom is 0.0921 e. The van der Waals surface area contributed by atoms with Crippen LogP contribution in [-0.4, -0.2) is 12.4 Å². The molecule has 1 unspecified atom stereocenters. The molecule has 20 heavy (non-hydrogen) atoms. The first-order valence-electron chi connectivity index (χ1n) is 6.93. The van der Waals surface area contributed by atoms with Crippen molar-refractivity contribution >= 4 is 17.4 Å². The van der Waals surface area contributed by atoms with E-state index in [1.165, 1.54) is 21.6 Å². The van der Waals surface area contributed by atoms with Gasteiger partial charge in [0.05, 0.1) is 12.7 Å². The molecule has 1 aliphatic rings.